The molecule has 0 saturated carbocycles. The second kappa shape index (κ2) is 6.16. The van der Waals surface area contributed by atoms with Crippen LogP contribution in [0.25, 0.3) is 0 Å². The van der Waals surface area contributed by atoms with Crippen LogP contribution < -0.4 is 21.6 Å². The monoisotopic (exact) mass is 451 g/mol. The van der Waals surface area contributed by atoms with E-state index in [2.05, 4.69) is 2.51 Å². The Hall–Kier alpha value is -0.760. The molecule has 1 atom stereocenters. The summed E-state index contributed by atoms with van der Waals surface area (Å²) >= 11 is -2.12. The van der Waals surface area contributed by atoms with Gasteiger partial charge in [0.2, 0.25) is 0 Å². The van der Waals surface area contributed by atoms with E-state index in [1.54, 1.807) is 0 Å². The first kappa shape index (κ1) is 18.3. The summed E-state index contributed by atoms with van der Waals surface area (Å²) in [5, 5.41) is 3.19. The SMILES string of the molecule is O=S(=O)(O[I-]c1ccc(O)cc1)C(F)(F)C(F)C(F)(F)F. The fourth-order valence-electron chi connectivity index (χ4n) is 0.930. The molecule has 1 aromatic rings. The van der Waals surface area contributed by atoms with E-state index in [0.717, 1.165) is 24.3 Å². The number of alkyl halides is 6. The van der Waals surface area contributed by atoms with Crippen molar-refractivity contribution in [2.24, 2.45) is 0 Å². The first-order valence-corrected chi connectivity index (χ1v) is 8.20. The predicted octanol–water partition coefficient (Wildman–Crippen LogP) is -0.595. The summed E-state index contributed by atoms with van der Waals surface area (Å²) in [4.78, 5) is 0. The molecular formula is C9H6F6IO4S-. The molecule has 12 heteroatoms. The maximum absolute atomic E-state index is 13.0. The van der Waals surface area contributed by atoms with Gasteiger partial charge < -0.3 is 0 Å². The molecule has 0 aliphatic heterocycles. The van der Waals surface area contributed by atoms with Crippen LogP contribution in [0.5, 0.6) is 5.75 Å². The molecule has 0 aliphatic rings. The zero-order valence-electron chi connectivity index (χ0n) is 9.61. The maximum atomic E-state index is 13.0. The zero-order chi connectivity index (χ0) is 16.5. The van der Waals surface area contributed by atoms with Crippen molar-refractivity contribution in [2.45, 2.75) is 17.6 Å². The molecule has 1 unspecified atom stereocenters. The van der Waals surface area contributed by atoms with Gasteiger partial charge in [0.1, 0.15) is 0 Å². The molecule has 0 saturated heterocycles. The number of rotatable bonds is 5. The Balaban J connectivity index is 2.88. The van der Waals surface area contributed by atoms with Crippen molar-refractivity contribution in [1.82, 2.24) is 0 Å². The summed E-state index contributed by atoms with van der Waals surface area (Å²) in [5.41, 5.74) is 0. The fourth-order valence-corrected chi connectivity index (χ4v) is 4.26. The molecule has 0 aliphatic carbocycles. The molecule has 0 radical (unpaired) electrons. The van der Waals surface area contributed by atoms with E-state index in [-0.39, 0.29) is 9.32 Å². The van der Waals surface area contributed by atoms with Crippen LogP contribution in [0.4, 0.5) is 26.3 Å². The van der Waals surface area contributed by atoms with Crippen LogP contribution in [0.15, 0.2) is 24.3 Å². The molecule has 0 spiro atoms. The Labute approximate surface area is 125 Å². The molecule has 122 valence electrons. The van der Waals surface area contributed by atoms with Crippen LogP contribution in [-0.4, -0.2) is 31.1 Å². The molecule has 1 aromatic carbocycles. The second-order valence-electron chi connectivity index (χ2n) is 3.54. The van der Waals surface area contributed by atoms with Gasteiger partial charge in [-0.05, 0) is 0 Å². The number of benzene rings is 1. The van der Waals surface area contributed by atoms with Crippen molar-refractivity contribution in [3.05, 3.63) is 27.8 Å². The van der Waals surface area contributed by atoms with Crippen LogP contribution in [0.1, 0.15) is 0 Å². The van der Waals surface area contributed by atoms with Gasteiger partial charge in [-0.1, -0.05) is 0 Å². The standard InChI is InChI=1S/C9H6F6IO4S/c10-7(8(11,12)13)9(14,15)21(18,19)20-16-5-1-3-6(17)4-2-5/h1-4,7,17H/q-1. The molecule has 0 bridgehead atoms. The minimum absolute atomic E-state index is 0.0772. The van der Waals surface area contributed by atoms with Gasteiger partial charge in [-0.3, -0.25) is 0 Å². The van der Waals surface area contributed by atoms with Gasteiger partial charge in [0.05, 0.1) is 0 Å². The number of phenolic OH excluding ortho intramolecular Hbond substituents is 1. The van der Waals surface area contributed by atoms with Crippen LogP contribution in [0.3, 0.4) is 0 Å². The van der Waals surface area contributed by atoms with Crippen molar-refractivity contribution in [3.63, 3.8) is 0 Å². The van der Waals surface area contributed by atoms with Gasteiger partial charge in [-0.2, -0.15) is 0 Å². The Morgan fingerprint density at radius 2 is 1.57 bits per heavy atom. The summed E-state index contributed by atoms with van der Waals surface area (Å²) in [6.45, 7) is 0. The number of halogens is 7. The van der Waals surface area contributed by atoms with Gasteiger partial charge in [0.15, 0.2) is 0 Å². The van der Waals surface area contributed by atoms with Crippen LogP contribution in [0, 0.1) is 3.57 Å². The third kappa shape index (κ3) is 4.35. The molecule has 0 heterocycles. The third-order valence-electron chi connectivity index (χ3n) is 1.95. The summed E-state index contributed by atoms with van der Waals surface area (Å²) in [6.07, 6.45) is -10.9. The molecule has 21 heavy (non-hydrogen) atoms. The zero-order valence-corrected chi connectivity index (χ0v) is 12.6. The minimum atomic E-state index is -6.09. The molecular weight excluding hydrogens is 445 g/mol. The van der Waals surface area contributed by atoms with Crippen LogP contribution in [0.2, 0.25) is 0 Å². The Morgan fingerprint density at radius 1 is 1.10 bits per heavy atom. The van der Waals surface area contributed by atoms with E-state index in [9.17, 15) is 34.8 Å². The van der Waals surface area contributed by atoms with Gasteiger partial charge in [-0.25, -0.2) is 0 Å². The molecule has 1 N–H and O–H groups in total. The van der Waals surface area contributed by atoms with E-state index in [4.69, 9.17) is 5.11 Å². The Kier molecular flexibility index (Phi) is 5.36. The first-order chi connectivity index (χ1) is 9.38. The summed E-state index contributed by atoms with van der Waals surface area (Å²) < 4.78 is 100. The number of hydrogen-bond acceptors (Lipinski definition) is 4. The van der Waals surface area contributed by atoms with Crippen molar-refractivity contribution in [1.29, 1.82) is 0 Å². The second-order valence-corrected chi connectivity index (χ2v) is 7.88. The number of aromatic hydroxyl groups is 1. The number of hydrogen-bond donors (Lipinski definition) is 1. The topological polar surface area (TPSA) is 63.6 Å². The summed E-state index contributed by atoms with van der Waals surface area (Å²) in [6, 6.07) is 4.45. The van der Waals surface area contributed by atoms with Crippen molar-refractivity contribution in [3.8, 4) is 5.75 Å². The van der Waals surface area contributed by atoms with Crippen molar-refractivity contribution >= 4 is 10.1 Å². The van der Waals surface area contributed by atoms with E-state index >= 15 is 0 Å². The molecule has 0 fully saturated rings. The van der Waals surface area contributed by atoms with E-state index < -0.39 is 49.3 Å². The van der Waals surface area contributed by atoms with E-state index in [0.29, 0.717) is 0 Å². The average Bonchev–Trinajstić information content (AvgIpc) is 2.36. The summed E-state index contributed by atoms with van der Waals surface area (Å²) in [5.74, 6) is -0.197. The van der Waals surface area contributed by atoms with Crippen LogP contribution in [-0.2, 0) is 12.6 Å². The predicted molar refractivity (Wildman–Crippen MR) is 52.7 cm³/mol. The van der Waals surface area contributed by atoms with Crippen molar-refractivity contribution in [2.75, 3.05) is 0 Å². The van der Waals surface area contributed by atoms with E-state index in [1.807, 2.05) is 0 Å². The fraction of sp³-hybridized carbons (Fsp3) is 0.333. The average molecular weight is 451 g/mol. The Bertz CT molecular complexity index is 585. The van der Waals surface area contributed by atoms with Gasteiger partial charge in [0, 0.05) is 0 Å². The quantitative estimate of drug-likeness (QED) is 0.481. The molecule has 0 amide bonds. The van der Waals surface area contributed by atoms with Gasteiger partial charge in [0.25, 0.3) is 0 Å². The third-order valence-corrected chi connectivity index (χ3v) is 6.24. The normalized spacial score (nSPS) is 15.1. The van der Waals surface area contributed by atoms with E-state index in [1.165, 1.54) is 0 Å². The van der Waals surface area contributed by atoms with Crippen molar-refractivity contribution < 1.29 is 64.0 Å². The molecule has 1 rings (SSSR count). The van der Waals surface area contributed by atoms with Gasteiger partial charge in [-0.15, -0.1) is 0 Å². The van der Waals surface area contributed by atoms with Gasteiger partial charge >= 0.3 is 125 Å². The van der Waals surface area contributed by atoms with Crippen LogP contribution >= 0.6 is 0 Å². The number of phenols is 1. The summed E-state index contributed by atoms with van der Waals surface area (Å²) in [7, 11) is -6.09. The molecule has 0 aromatic heterocycles. The first-order valence-electron chi connectivity index (χ1n) is 4.83. The molecule has 4 nitrogen and oxygen atoms in total. The Morgan fingerprint density at radius 3 is 2.00 bits per heavy atom.